The number of halogens is 1. The largest absolute Gasteiger partial charge is 0.494 e. The van der Waals surface area contributed by atoms with Crippen molar-refractivity contribution in [2.24, 2.45) is 7.05 Å². The van der Waals surface area contributed by atoms with Gasteiger partial charge in [0, 0.05) is 36.3 Å². The van der Waals surface area contributed by atoms with E-state index in [0.29, 0.717) is 29.0 Å². The molecule has 0 amide bonds. The highest BCUT2D eigenvalue weighted by Crippen LogP contribution is 2.33. The maximum Gasteiger partial charge on any atom is 0.264 e. The molecular weight excluding hydrogens is 500 g/mol. The maximum atomic E-state index is 12.8. The number of sulfonamides is 1. The molecule has 4 aromatic rings. The van der Waals surface area contributed by atoms with Gasteiger partial charge in [-0.15, -0.1) is 0 Å². The molecule has 11 heteroatoms. The Bertz CT molecular complexity index is 1520. The average Bonchev–Trinajstić information content (AvgIpc) is 3.23. The van der Waals surface area contributed by atoms with E-state index >= 15 is 0 Å². The minimum Gasteiger partial charge on any atom is -0.494 e. The smallest absolute Gasteiger partial charge is 0.264 e. The summed E-state index contributed by atoms with van der Waals surface area (Å²) < 4.78 is 35.5. The first-order chi connectivity index (χ1) is 17.3. The molecular formula is C25H27ClN6O3S. The second kappa shape index (κ2) is 9.94. The van der Waals surface area contributed by atoms with Gasteiger partial charge in [-0.25, -0.2) is 18.4 Å². The van der Waals surface area contributed by atoms with Gasteiger partial charge in [0.05, 0.1) is 17.8 Å². The van der Waals surface area contributed by atoms with E-state index in [4.69, 9.17) is 21.3 Å². The minimum absolute atomic E-state index is 0.0129. The first kappa shape index (κ1) is 24.3. The zero-order valence-electron chi connectivity index (χ0n) is 20.0. The first-order valence-corrected chi connectivity index (χ1v) is 13.6. The van der Waals surface area contributed by atoms with Crippen LogP contribution in [-0.2, 0) is 17.1 Å². The third kappa shape index (κ3) is 4.96. The lowest BCUT2D eigenvalue weighted by Gasteiger charge is -2.22. The van der Waals surface area contributed by atoms with Crippen molar-refractivity contribution in [1.29, 1.82) is 0 Å². The molecule has 1 aliphatic rings. The van der Waals surface area contributed by atoms with Crippen molar-refractivity contribution in [1.82, 2.24) is 19.7 Å². The molecule has 36 heavy (non-hydrogen) atoms. The Hall–Kier alpha value is -3.37. The van der Waals surface area contributed by atoms with E-state index in [1.54, 1.807) is 43.2 Å². The predicted molar refractivity (Wildman–Crippen MR) is 141 cm³/mol. The Morgan fingerprint density at radius 2 is 1.89 bits per heavy atom. The van der Waals surface area contributed by atoms with Crippen LogP contribution in [0.1, 0.15) is 32.1 Å². The Kier molecular flexibility index (Phi) is 6.72. The number of anilines is 2. The highest BCUT2D eigenvalue weighted by molar-refractivity contribution is 7.92. The van der Waals surface area contributed by atoms with E-state index in [1.165, 1.54) is 31.4 Å². The Labute approximate surface area is 214 Å². The fourth-order valence-corrected chi connectivity index (χ4v) is 6.07. The topological polar surface area (TPSA) is 111 Å². The number of ether oxygens (including phenoxy) is 1. The lowest BCUT2D eigenvalue weighted by Crippen LogP contribution is -2.23. The number of benzene rings is 2. The van der Waals surface area contributed by atoms with Crippen LogP contribution >= 0.6 is 11.6 Å². The van der Waals surface area contributed by atoms with Gasteiger partial charge in [-0.2, -0.15) is 5.10 Å². The third-order valence-corrected chi connectivity index (χ3v) is 8.20. The summed E-state index contributed by atoms with van der Waals surface area (Å²) in [5.41, 5.74) is 2.18. The molecule has 0 radical (unpaired) electrons. The maximum absolute atomic E-state index is 12.8. The molecule has 0 unspecified atom stereocenters. The van der Waals surface area contributed by atoms with Gasteiger partial charge in [-0.3, -0.25) is 9.40 Å². The van der Waals surface area contributed by atoms with E-state index in [9.17, 15) is 8.42 Å². The number of nitrogens with one attached hydrogen (secondary N) is 2. The van der Waals surface area contributed by atoms with Crippen LogP contribution in [0.3, 0.4) is 0 Å². The van der Waals surface area contributed by atoms with E-state index in [1.807, 2.05) is 12.1 Å². The third-order valence-electron chi connectivity index (χ3n) is 6.35. The zero-order valence-corrected chi connectivity index (χ0v) is 21.6. The number of nitrogens with zero attached hydrogens (tertiary/aromatic N) is 4. The van der Waals surface area contributed by atoms with Crippen molar-refractivity contribution >= 4 is 44.3 Å². The normalized spacial score (nSPS) is 14.6. The van der Waals surface area contributed by atoms with Crippen LogP contribution in [0.5, 0.6) is 5.75 Å². The number of methoxy groups -OCH3 is 1. The van der Waals surface area contributed by atoms with Gasteiger partial charge < -0.3 is 10.1 Å². The summed E-state index contributed by atoms with van der Waals surface area (Å²) >= 11 is 6.09. The van der Waals surface area contributed by atoms with Crippen molar-refractivity contribution in [3.63, 3.8) is 0 Å². The van der Waals surface area contributed by atoms with Crippen molar-refractivity contribution in [3.8, 4) is 17.0 Å². The molecule has 5 rings (SSSR count). The van der Waals surface area contributed by atoms with E-state index in [-0.39, 0.29) is 15.7 Å². The highest BCUT2D eigenvalue weighted by atomic mass is 35.5. The Morgan fingerprint density at radius 3 is 2.64 bits per heavy atom. The number of aromatic nitrogens is 4. The quantitative estimate of drug-likeness (QED) is 0.339. The van der Waals surface area contributed by atoms with Gasteiger partial charge in [-0.1, -0.05) is 43.0 Å². The van der Waals surface area contributed by atoms with Crippen molar-refractivity contribution < 1.29 is 13.2 Å². The van der Waals surface area contributed by atoms with Crippen LogP contribution in [0.2, 0.25) is 5.02 Å². The second-order valence-electron chi connectivity index (χ2n) is 8.86. The van der Waals surface area contributed by atoms with Gasteiger partial charge >= 0.3 is 0 Å². The van der Waals surface area contributed by atoms with Crippen LogP contribution < -0.4 is 14.8 Å². The molecule has 1 saturated carbocycles. The summed E-state index contributed by atoms with van der Waals surface area (Å²) in [4.78, 5) is 9.23. The Morgan fingerprint density at radius 1 is 1.11 bits per heavy atom. The molecule has 9 nitrogen and oxygen atoms in total. The fraction of sp³-hybridized carbons (Fsp3) is 0.320. The summed E-state index contributed by atoms with van der Waals surface area (Å²) in [7, 11) is -0.562. The zero-order chi connectivity index (χ0) is 25.3. The molecule has 0 saturated heterocycles. The molecule has 0 bridgehead atoms. The number of fused-ring (bicyclic) bond motifs is 1. The monoisotopic (exact) mass is 526 g/mol. The van der Waals surface area contributed by atoms with E-state index < -0.39 is 10.0 Å². The lowest BCUT2D eigenvalue weighted by molar-refractivity contribution is 0.419. The van der Waals surface area contributed by atoms with Gasteiger partial charge in [0.1, 0.15) is 16.2 Å². The molecule has 2 aromatic heterocycles. The molecule has 2 heterocycles. The first-order valence-electron chi connectivity index (χ1n) is 11.8. The van der Waals surface area contributed by atoms with Gasteiger partial charge in [0.25, 0.3) is 10.0 Å². The van der Waals surface area contributed by atoms with Crippen LogP contribution in [0, 0.1) is 0 Å². The molecule has 188 valence electrons. The fourth-order valence-electron chi connectivity index (χ4n) is 4.56. The minimum atomic E-state index is -3.90. The molecule has 0 atom stereocenters. The molecule has 2 N–H and O–H groups in total. The summed E-state index contributed by atoms with van der Waals surface area (Å²) in [6.07, 6.45) is 7.75. The van der Waals surface area contributed by atoms with E-state index in [0.717, 1.165) is 23.8 Å². The van der Waals surface area contributed by atoms with Crippen molar-refractivity contribution in [2.75, 3.05) is 17.1 Å². The average molecular weight is 527 g/mol. The SMILES string of the molecule is COc1cc(-c2cc(NS(=O)(=O)c3ccccc3Cl)nn2C)cc2cnc(NC3CCCCC3)nc12. The molecule has 1 fully saturated rings. The van der Waals surface area contributed by atoms with E-state index in [2.05, 4.69) is 20.1 Å². The van der Waals surface area contributed by atoms with Crippen LogP contribution in [0.4, 0.5) is 11.8 Å². The lowest BCUT2D eigenvalue weighted by atomic mass is 9.96. The van der Waals surface area contributed by atoms with Crippen LogP contribution in [0.15, 0.2) is 53.6 Å². The molecule has 2 aromatic carbocycles. The van der Waals surface area contributed by atoms with Gasteiger partial charge in [0.15, 0.2) is 5.82 Å². The van der Waals surface area contributed by atoms with Crippen LogP contribution in [0.25, 0.3) is 22.2 Å². The van der Waals surface area contributed by atoms with Crippen molar-refractivity contribution in [2.45, 2.75) is 43.0 Å². The summed E-state index contributed by atoms with van der Waals surface area (Å²) in [5, 5.41) is 8.74. The highest BCUT2D eigenvalue weighted by Gasteiger charge is 2.21. The number of rotatable bonds is 7. The molecule has 0 spiro atoms. The van der Waals surface area contributed by atoms with Crippen molar-refractivity contribution in [3.05, 3.63) is 53.7 Å². The summed E-state index contributed by atoms with van der Waals surface area (Å²) in [5.74, 6) is 1.36. The number of hydrogen-bond donors (Lipinski definition) is 2. The number of aryl methyl sites for hydroxylation is 1. The summed E-state index contributed by atoms with van der Waals surface area (Å²) in [6.45, 7) is 0. The Balaban J connectivity index is 1.45. The number of hydrogen-bond acceptors (Lipinski definition) is 7. The van der Waals surface area contributed by atoms with Crippen LogP contribution in [-0.4, -0.2) is 41.3 Å². The second-order valence-corrected chi connectivity index (χ2v) is 10.9. The molecule has 1 aliphatic carbocycles. The predicted octanol–water partition coefficient (Wildman–Crippen LogP) is 5.24. The molecule has 0 aliphatic heterocycles. The van der Waals surface area contributed by atoms with Gasteiger partial charge in [-0.05, 0) is 37.1 Å². The summed E-state index contributed by atoms with van der Waals surface area (Å²) in [6, 6.07) is 12.1. The standard InChI is InChI=1S/C25H27ClN6O3S/c1-32-20(14-23(30-32)31-36(33,34)22-11-7-6-10-19(22)26)16-12-17-15-27-25(28-18-8-4-3-5-9-18)29-24(17)21(13-16)35-2/h6-7,10-15,18H,3-5,8-9H2,1-2H3,(H,30,31)(H,27,28,29). The van der Waals surface area contributed by atoms with Gasteiger partial charge in [0.2, 0.25) is 5.95 Å².